The lowest BCUT2D eigenvalue weighted by molar-refractivity contribution is -0.121. The lowest BCUT2D eigenvalue weighted by Gasteiger charge is -2.25. The van der Waals surface area contributed by atoms with E-state index in [1.54, 1.807) is 16.8 Å². The smallest absolute Gasteiger partial charge is 0.251 e. The van der Waals surface area contributed by atoms with Crippen molar-refractivity contribution in [3.8, 4) is 17.3 Å². The van der Waals surface area contributed by atoms with Crippen LogP contribution in [0.5, 0.6) is 0 Å². The number of benzene rings is 2. The number of nitriles is 1. The largest absolute Gasteiger partial charge is 0.355 e. The van der Waals surface area contributed by atoms with Crippen LogP contribution in [-0.4, -0.2) is 42.9 Å². The average molecular weight is 402 g/mol. The van der Waals surface area contributed by atoms with Crippen LogP contribution in [0.25, 0.3) is 11.1 Å². The fourth-order valence-electron chi connectivity index (χ4n) is 4.55. The van der Waals surface area contributed by atoms with E-state index in [9.17, 15) is 14.9 Å². The molecule has 4 rings (SSSR count). The van der Waals surface area contributed by atoms with Crippen molar-refractivity contribution in [1.82, 2.24) is 10.2 Å². The van der Waals surface area contributed by atoms with Crippen LogP contribution >= 0.6 is 0 Å². The predicted molar refractivity (Wildman–Crippen MR) is 116 cm³/mol. The second-order valence-corrected chi connectivity index (χ2v) is 7.85. The first kappa shape index (κ1) is 20.0. The lowest BCUT2D eigenvalue weighted by atomic mass is 9.93. The molecule has 2 heterocycles. The van der Waals surface area contributed by atoms with Gasteiger partial charge in [-0.25, -0.2) is 0 Å². The number of amides is 2. The zero-order valence-electron chi connectivity index (χ0n) is 17.4. The van der Waals surface area contributed by atoms with Gasteiger partial charge in [-0.05, 0) is 60.1 Å². The van der Waals surface area contributed by atoms with Gasteiger partial charge in [0.05, 0.1) is 0 Å². The summed E-state index contributed by atoms with van der Waals surface area (Å²) >= 11 is 0. The second-order valence-electron chi connectivity index (χ2n) is 7.85. The number of carbonyl (C=O) groups is 2. The molecule has 0 aliphatic carbocycles. The van der Waals surface area contributed by atoms with E-state index in [1.807, 2.05) is 18.2 Å². The molecule has 2 aliphatic heterocycles. The summed E-state index contributed by atoms with van der Waals surface area (Å²) in [7, 11) is 1.61. The first-order valence-corrected chi connectivity index (χ1v) is 10.5. The Morgan fingerprint density at radius 2 is 2.07 bits per heavy atom. The Morgan fingerprint density at radius 1 is 1.23 bits per heavy atom. The molecule has 0 saturated carbocycles. The number of nitrogens with one attached hydrogen (secondary N) is 1. The van der Waals surface area contributed by atoms with Gasteiger partial charge in [0.1, 0.15) is 6.04 Å². The van der Waals surface area contributed by atoms with E-state index in [0.717, 1.165) is 41.6 Å². The maximum atomic E-state index is 13.3. The zero-order valence-corrected chi connectivity index (χ0v) is 17.4. The van der Waals surface area contributed by atoms with Crippen molar-refractivity contribution in [2.24, 2.45) is 0 Å². The standard InChI is InChI=1S/C24H26N4O2/c1-3-16-6-4-7-17(12-16)20-13-18(23(29)26-2)14-22-19(20)9-11-28(22)24(30)21-8-5-10-27(21)15-25/h4,6-7,12-14,21H,3,5,8-11H2,1-2H3,(H,26,29). The van der Waals surface area contributed by atoms with Crippen LogP contribution in [0.15, 0.2) is 36.4 Å². The van der Waals surface area contributed by atoms with Gasteiger partial charge >= 0.3 is 0 Å². The molecule has 2 aliphatic rings. The molecule has 0 spiro atoms. The molecular weight excluding hydrogens is 376 g/mol. The summed E-state index contributed by atoms with van der Waals surface area (Å²) in [5, 5.41) is 12.1. The monoisotopic (exact) mass is 402 g/mol. The van der Waals surface area contributed by atoms with Gasteiger partial charge in [-0.3, -0.25) is 14.5 Å². The molecule has 1 saturated heterocycles. The number of anilines is 1. The van der Waals surface area contributed by atoms with E-state index < -0.39 is 6.04 Å². The highest BCUT2D eigenvalue weighted by Crippen LogP contribution is 2.39. The first-order valence-electron chi connectivity index (χ1n) is 10.5. The fraction of sp³-hybridized carbons (Fsp3) is 0.375. The normalized spacial score (nSPS) is 17.6. The third-order valence-electron chi connectivity index (χ3n) is 6.17. The van der Waals surface area contributed by atoms with E-state index >= 15 is 0 Å². The number of likely N-dealkylation sites (tertiary alicyclic amines) is 1. The highest BCUT2D eigenvalue weighted by Gasteiger charge is 2.37. The Bertz CT molecular complexity index is 1040. The number of carbonyl (C=O) groups excluding carboxylic acids is 2. The van der Waals surface area contributed by atoms with Gasteiger partial charge in [-0.2, -0.15) is 5.26 Å². The lowest BCUT2D eigenvalue weighted by Crippen LogP contribution is -2.43. The predicted octanol–water partition coefficient (Wildman–Crippen LogP) is 3.11. The van der Waals surface area contributed by atoms with Crippen molar-refractivity contribution in [2.45, 2.75) is 38.6 Å². The van der Waals surface area contributed by atoms with Gasteiger partial charge in [0.15, 0.2) is 6.19 Å². The van der Waals surface area contributed by atoms with E-state index in [4.69, 9.17) is 0 Å². The number of aryl methyl sites for hydroxylation is 1. The summed E-state index contributed by atoms with van der Waals surface area (Å²) in [6.45, 7) is 3.32. The molecule has 2 aromatic rings. The second kappa shape index (κ2) is 8.19. The van der Waals surface area contributed by atoms with Gasteiger partial charge in [-0.15, -0.1) is 0 Å². The van der Waals surface area contributed by atoms with Crippen molar-refractivity contribution >= 4 is 17.5 Å². The minimum Gasteiger partial charge on any atom is -0.355 e. The van der Waals surface area contributed by atoms with Crippen LogP contribution in [0.1, 0.15) is 41.3 Å². The summed E-state index contributed by atoms with van der Waals surface area (Å²) in [4.78, 5) is 29.1. The Balaban J connectivity index is 1.80. The Morgan fingerprint density at radius 3 is 2.80 bits per heavy atom. The SMILES string of the molecule is CCc1cccc(-c2cc(C(=O)NC)cc3c2CCN3C(=O)C2CCCN2C#N)c1. The topological polar surface area (TPSA) is 76.4 Å². The van der Waals surface area contributed by atoms with Crippen molar-refractivity contribution < 1.29 is 9.59 Å². The third kappa shape index (κ3) is 3.41. The van der Waals surface area contributed by atoms with E-state index in [2.05, 4.69) is 36.6 Å². The number of nitrogens with zero attached hydrogens (tertiary/aromatic N) is 3. The van der Waals surface area contributed by atoms with Gasteiger partial charge in [-0.1, -0.05) is 31.2 Å². The van der Waals surface area contributed by atoms with Gasteiger partial charge in [0.25, 0.3) is 5.91 Å². The fourth-order valence-corrected chi connectivity index (χ4v) is 4.55. The van der Waals surface area contributed by atoms with E-state index in [0.29, 0.717) is 25.1 Å². The van der Waals surface area contributed by atoms with Crippen LogP contribution in [0, 0.1) is 11.5 Å². The van der Waals surface area contributed by atoms with Crippen LogP contribution < -0.4 is 10.2 Å². The molecule has 154 valence electrons. The molecule has 0 radical (unpaired) electrons. The van der Waals surface area contributed by atoms with E-state index in [-0.39, 0.29) is 11.8 Å². The molecule has 2 amide bonds. The molecule has 1 fully saturated rings. The Labute approximate surface area is 177 Å². The highest BCUT2D eigenvalue weighted by molar-refractivity contribution is 6.03. The maximum absolute atomic E-state index is 13.3. The van der Waals surface area contributed by atoms with Crippen molar-refractivity contribution in [3.05, 3.63) is 53.1 Å². The third-order valence-corrected chi connectivity index (χ3v) is 6.17. The zero-order chi connectivity index (χ0) is 21.3. The molecule has 1 atom stereocenters. The van der Waals surface area contributed by atoms with Crippen LogP contribution in [0.2, 0.25) is 0 Å². The van der Waals surface area contributed by atoms with Crippen molar-refractivity contribution in [1.29, 1.82) is 5.26 Å². The summed E-state index contributed by atoms with van der Waals surface area (Å²) in [5.41, 5.74) is 5.71. The number of fused-ring (bicyclic) bond motifs is 1. The van der Waals surface area contributed by atoms with Crippen LogP contribution in [-0.2, 0) is 17.6 Å². The Kier molecular flexibility index (Phi) is 5.45. The molecule has 30 heavy (non-hydrogen) atoms. The highest BCUT2D eigenvalue weighted by atomic mass is 16.2. The minimum absolute atomic E-state index is 0.0462. The summed E-state index contributed by atoms with van der Waals surface area (Å²) in [5.74, 6) is -0.223. The Hall–Kier alpha value is -3.33. The van der Waals surface area contributed by atoms with Crippen LogP contribution in [0.4, 0.5) is 5.69 Å². The maximum Gasteiger partial charge on any atom is 0.251 e. The van der Waals surface area contributed by atoms with Gasteiger partial charge < -0.3 is 10.2 Å². The van der Waals surface area contributed by atoms with Crippen LogP contribution in [0.3, 0.4) is 0 Å². The quantitative estimate of drug-likeness (QED) is 0.798. The summed E-state index contributed by atoms with van der Waals surface area (Å²) in [6.07, 6.45) is 5.36. The molecule has 6 heteroatoms. The van der Waals surface area contributed by atoms with Crippen molar-refractivity contribution in [3.63, 3.8) is 0 Å². The first-order chi connectivity index (χ1) is 14.6. The molecule has 0 aromatic heterocycles. The molecular formula is C24H26N4O2. The minimum atomic E-state index is -0.406. The average Bonchev–Trinajstić information content (AvgIpc) is 3.44. The van der Waals surface area contributed by atoms with Gasteiger partial charge in [0.2, 0.25) is 5.91 Å². The summed E-state index contributed by atoms with van der Waals surface area (Å²) in [6, 6.07) is 11.7. The van der Waals surface area contributed by atoms with Gasteiger partial charge in [0, 0.05) is 31.4 Å². The number of hydrogen-bond donors (Lipinski definition) is 1. The molecule has 6 nitrogen and oxygen atoms in total. The molecule has 1 unspecified atom stereocenters. The summed E-state index contributed by atoms with van der Waals surface area (Å²) < 4.78 is 0. The van der Waals surface area contributed by atoms with Crippen molar-refractivity contribution in [2.75, 3.05) is 25.0 Å². The number of rotatable bonds is 4. The van der Waals surface area contributed by atoms with E-state index in [1.165, 1.54) is 5.56 Å². The molecule has 0 bridgehead atoms. The number of hydrogen-bond acceptors (Lipinski definition) is 4. The molecule has 1 N–H and O–H groups in total. The molecule has 2 aromatic carbocycles.